The highest BCUT2D eigenvalue weighted by Gasteiger charge is 2.17. The number of carbonyl (C=O) groups is 1. The molecule has 6 nitrogen and oxygen atoms in total. The number of ether oxygens (including phenoxy) is 1. The zero-order valence-corrected chi connectivity index (χ0v) is 11.2. The number of H-pyrrole nitrogens is 1. The summed E-state index contributed by atoms with van der Waals surface area (Å²) in [6.45, 7) is 0.122. The lowest BCUT2D eigenvalue weighted by atomic mass is 10.1. The summed E-state index contributed by atoms with van der Waals surface area (Å²) in [5.41, 5.74) is 2.37. The van der Waals surface area contributed by atoms with E-state index in [9.17, 15) is 4.79 Å². The van der Waals surface area contributed by atoms with Crippen molar-refractivity contribution in [1.82, 2.24) is 10.2 Å². The number of rotatable bonds is 5. The summed E-state index contributed by atoms with van der Waals surface area (Å²) in [5, 5.41) is 6.81. The first kappa shape index (κ1) is 13.4. The van der Waals surface area contributed by atoms with E-state index in [0.29, 0.717) is 5.76 Å². The van der Waals surface area contributed by atoms with Crippen molar-refractivity contribution < 1.29 is 19.3 Å². The minimum atomic E-state index is -0.530. The zero-order valence-electron chi connectivity index (χ0n) is 11.2. The van der Waals surface area contributed by atoms with Crippen LogP contribution in [0, 0.1) is 0 Å². The molecule has 21 heavy (non-hydrogen) atoms. The Hall–Kier alpha value is -2.60. The molecule has 6 heteroatoms. The lowest BCUT2D eigenvalue weighted by Crippen LogP contribution is -2.06. The quantitative estimate of drug-likeness (QED) is 0.673. The van der Waals surface area contributed by atoms with Crippen LogP contribution in [0.3, 0.4) is 0 Å². The van der Waals surface area contributed by atoms with E-state index in [0.717, 1.165) is 18.5 Å². The van der Waals surface area contributed by atoms with E-state index in [-0.39, 0.29) is 12.3 Å². The average molecular weight is 286 g/mol. The molecule has 1 N–H and O–H groups in total. The lowest BCUT2D eigenvalue weighted by molar-refractivity contribution is -0.222. The van der Waals surface area contributed by atoms with E-state index in [2.05, 4.69) is 32.1 Å². The van der Waals surface area contributed by atoms with Gasteiger partial charge in [-0.15, -0.1) is 0 Å². The summed E-state index contributed by atoms with van der Waals surface area (Å²) in [6, 6.07) is 11.8. The molecular weight excluding hydrogens is 272 g/mol. The summed E-state index contributed by atoms with van der Waals surface area (Å²) in [5.74, 6) is -0.202. The Kier molecular flexibility index (Phi) is 3.97. The van der Waals surface area contributed by atoms with Gasteiger partial charge in [0.2, 0.25) is 0 Å². The van der Waals surface area contributed by atoms with Gasteiger partial charge < -0.3 is 9.62 Å². The number of nitrogens with zero attached hydrogens (tertiary/aromatic N) is 1. The van der Waals surface area contributed by atoms with Crippen LogP contribution in [0.4, 0.5) is 0 Å². The van der Waals surface area contributed by atoms with Crippen LogP contribution < -0.4 is 0 Å². The number of hydrogen-bond acceptors (Lipinski definition) is 5. The maximum Gasteiger partial charge on any atom is 0.364 e. The van der Waals surface area contributed by atoms with Gasteiger partial charge in [0.1, 0.15) is 0 Å². The second-order valence-corrected chi connectivity index (χ2v) is 4.60. The van der Waals surface area contributed by atoms with Crippen LogP contribution in [-0.4, -0.2) is 22.8 Å². The molecule has 1 aliphatic rings. The number of aromatic nitrogens is 2. The Bertz CT molecular complexity index is 649. The molecule has 0 radical (unpaired) electrons. The molecule has 0 saturated heterocycles. The first-order valence-electron chi connectivity index (χ1n) is 6.59. The van der Waals surface area contributed by atoms with E-state index in [1.807, 2.05) is 18.2 Å². The van der Waals surface area contributed by atoms with Crippen LogP contribution in [0.5, 0.6) is 0 Å². The molecule has 0 amide bonds. The molecule has 0 aliphatic carbocycles. The molecular formula is C15H14N2O4. The van der Waals surface area contributed by atoms with Gasteiger partial charge in [-0.2, -0.15) is 9.99 Å². The van der Waals surface area contributed by atoms with E-state index < -0.39 is 5.97 Å². The number of benzene rings is 1. The topological polar surface area (TPSA) is 73.4 Å². The third-order valence-corrected chi connectivity index (χ3v) is 3.04. The fraction of sp³-hybridized carbons (Fsp3) is 0.200. The summed E-state index contributed by atoms with van der Waals surface area (Å²) in [4.78, 5) is 20.9. The third-order valence-electron chi connectivity index (χ3n) is 3.04. The largest absolute Gasteiger partial charge is 0.420 e. The van der Waals surface area contributed by atoms with Crippen molar-refractivity contribution in [1.29, 1.82) is 0 Å². The number of nitrogens with one attached hydrogen (secondary N) is 1. The predicted molar refractivity (Wildman–Crippen MR) is 73.0 cm³/mol. The van der Waals surface area contributed by atoms with Gasteiger partial charge in [0.25, 0.3) is 0 Å². The molecule has 0 saturated carbocycles. The minimum Gasteiger partial charge on any atom is -0.420 e. The number of hydrogen-bond donors (Lipinski definition) is 1. The lowest BCUT2D eigenvalue weighted by Gasteiger charge is -1.99. The van der Waals surface area contributed by atoms with Gasteiger partial charge in [0.05, 0.1) is 0 Å². The second kappa shape index (κ2) is 6.23. The maximum atomic E-state index is 11.8. The number of aromatic amines is 1. The highest BCUT2D eigenvalue weighted by molar-refractivity contribution is 5.88. The number of esters is 1. The SMILES string of the molecule is O=C(OC1=COOC1)c1cc(CCc2ccccc2)[nH]n1. The zero-order chi connectivity index (χ0) is 14.5. The molecule has 0 bridgehead atoms. The van der Waals surface area contributed by atoms with E-state index >= 15 is 0 Å². The molecule has 0 fully saturated rings. The Balaban J connectivity index is 1.57. The van der Waals surface area contributed by atoms with Gasteiger partial charge >= 0.3 is 5.97 Å². The Morgan fingerprint density at radius 3 is 2.90 bits per heavy atom. The Labute approximate surface area is 121 Å². The van der Waals surface area contributed by atoms with Crippen LogP contribution in [0.25, 0.3) is 0 Å². The van der Waals surface area contributed by atoms with Gasteiger partial charge in [-0.1, -0.05) is 30.3 Å². The molecule has 3 rings (SSSR count). The van der Waals surface area contributed by atoms with Gasteiger partial charge in [-0.3, -0.25) is 5.10 Å². The van der Waals surface area contributed by atoms with Crippen molar-refractivity contribution in [3.8, 4) is 0 Å². The average Bonchev–Trinajstić information content (AvgIpc) is 3.17. The van der Waals surface area contributed by atoms with Crippen molar-refractivity contribution in [2.24, 2.45) is 0 Å². The van der Waals surface area contributed by atoms with Crippen LogP contribution in [0.2, 0.25) is 0 Å². The van der Waals surface area contributed by atoms with Gasteiger partial charge in [0.15, 0.2) is 24.3 Å². The summed E-state index contributed by atoms with van der Waals surface area (Å²) in [6.07, 6.45) is 2.91. The van der Waals surface area contributed by atoms with Gasteiger partial charge in [-0.05, 0) is 24.5 Å². The number of carbonyl (C=O) groups excluding carboxylic acids is 1. The highest BCUT2D eigenvalue weighted by atomic mass is 17.2. The van der Waals surface area contributed by atoms with Crippen LogP contribution in [-0.2, 0) is 27.4 Å². The normalized spacial score (nSPS) is 13.6. The molecule has 2 aromatic rings. The Morgan fingerprint density at radius 1 is 1.29 bits per heavy atom. The van der Waals surface area contributed by atoms with Crippen molar-refractivity contribution in [3.63, 3.8) is 0 Å². The molecule has 0 unspecified atom stereocenters. The molecule has 0 atom stereocenters. The number of aryl methyl sites for hydroxylation is 2. The highest BCUT2D eigenvalue weighted by Crippen LogP contribution is 2.12. The van der Waals surface area contributed by atoms with E-state index in [1.165, 1.54) is 11.8 Å². The first-order chi connectivity index (χ1) is 10.3. The minimum absolute atomic E-state index is 0.122. The van der Waals surface area contributed by atoms with Gasteiger partial charge in [-0.25, -0.2) is 4.79 Å². The van der Waals surface area contributed by atoms with Crippen molar-refractivity contribution in [2.45, 2.75) is 12.8 Å². The van der Waals surface area contributed by atoms with Crippen molar-refractivity contribution in [3.05, 3.63) is 65.4 Å². The summed E-state index contributed by atoms with van der Waals surface area (Å²) in [7, 11) is 0. The van der Waals surface area contributed by atoms with Crippen LogP contribution in [0.1, 0.15) is 21.7 Å². The fourth-order valence-electron chi connectivity index (χ4n) is 1.96. The van der Waals surface area contributed by atoms with Crippen molar-refractivity contribution >= 4 is 5.97 Å². The predicted octanol–water partition coefficient (Wildman–Crippen LogP) is 2.15. The molecule has 1 aromatic carbocycles. The fourth-order valence-corrected chi connectivity index (χ4v) is 1.96. The molecule has 1 aliphatic heterocycles. The molecule has 0 spiro atoms. The standard InChI is InChI=1S/C15H14N2O4/c18-15(21-13-9-19-20-10-13)14-8-12(16-17-14)7-6-11-4-2-1-3-5-11/h1-5,8-9H,6-7,10H2,(H,16,17). The first-order valence-corrected chi connectivity index (χ1v) is 6.59. The van der Waals surface area contributed by atoms with Crippen LogP contribution in [0.15, 0.2) is 48.4 Å². The second-order valence-electron chi connectivity index (χ2n) is 4.60. The third kappa shape index (κ3) is 3.49. The maximum absolute atomic E-state index is 11.8. The summed E-state index contributed by atoms with van der Waals surface area (Å²) < 4.78 is 5.06. The molecule has 2 heterocycles. The van der Waals surface area contributed by atoms with Crippen molar-refractivity contribution in [2.75, 3.05) is 6.61 Å². The Morgan fingerprint density at radius 2 is 2.14 bits per heavy atom. The monoisotopic (exact) mass is 286 g/mol. The summed E-state index contributed by atoms with van der Waals surface area (Å²) >= 11 is 0. The molecule has 1 aromatic heterocycles. The smallest absolute Gasteiger partial charge is 0.364 e. The van der Waals surface area contributed by atoms with Gasteiger partial charge in [0, 0.05) is 5.69 Å². The molecule has 108 valence electrons. The van der Waals surface area contributed by atoms with Crippen LogP contribution >= 0.6 is 0 Å². The van der Waals surface area contributed by atoms with E-state index in [4.69, 9.17) is 4.74 Å². The van der Waals surface area contributed by atoms with E-state index in [1.54, 1.807) is 6.07 Å².